The Morgan fingerprint density at radius 3 is 2.62 bits per heavy atom. The maximum atomic E-state index is 13.0. The van der Waals surface area contributed by atoms with Gasteiger partial charge < -0.3 is 9.80 Å². The summed E-state index contributed by atoms with van der Waals surface area (Å²) in [4.78, 5) is 34.9. The van der Waals surface area contributed by atoms with Crippen LogP contribution in [-0.2, 0) is 4.79 Å². The third-order valence-corrected chi connectivity index (χ3v) is 7.58. The Bertz CT molecular complexity index is 1090. The van der Waals surface area contributed by atoms with Crippen molar-refractivity contribution in [1.82, 2.24) is 15.2 Å². The number of fused-ring (bicyclic) bond motifs is 3. The molecule has 5 rings (SSSR count). The van der Waals surface area contributed by atoms with Crippen LogP contribution in [0, 0.1) is 5.92 Å². The van der Waals surface area contributed by atoms with Gasteiger partial charge >= 0.3 is 0 Å². The molecule has 0 radical (unpaired) electrons. The number of amidine groups is 1. The zero-order valence-corrected chi connectivity index (χ0v) is 21.0. The first-order valence-electron chi connectivity index (χ1n) is 11.7. The molecule has 4 heterocycles. The highest BCUT2D eigenvalue weighted by molar-refractivity contribution is 7.12. The monoisotopic (exact) mass is 500 g/mol. The van der Waals surface area contributed by atoms with Crippen molar-refractivity contribution in [3.8, 4) is 0 Å². The van der Waals surface area contributed by atoms with Gasteiger partial charge in [0.25, 0.3) is 5.91 Å². The Kier molecular flexibility index (Phi) is 6.40. The Hall–Kier alpha value is -2.78. The summed E-state index contributed by atoms with van der Waals surface area (Å²) in [6.45, 7) is 7.84. The molecule has 1 saturated heterocycles. The van der Waals surface area contributed by atoms with Crippen molar-refractivity contribution < 1.29 is 9.59 Å². The van der Waals surface area contributed by atoms with Crippen LogP contribution in [0.2, 0.25) is 5.02 Å². The quantitative estimate of drug-likeness (QED) is 0.655. The number of thiophene rings is 1. The van der Waals surface area contributed by atoms with Crippen LogP contribution in [0.15, 0.2) is 40.8 Å². The maximum Gasteiger partial charge on any atom is 0.269 e. The molecule has 10 heteroatoms. The minimum absolute atomic E-state index is 0.0403. The van der Waals surface area contributed by atoms with Gasteiger partial charge in [0.15, 0.2) is 0 Å². The Morgan fingerprint density at radius 1 is 1.18 bits per heavy atom. The molecule has 0 spiro atoms. The molecule has 1 aromatic carbocycles. The number of halogens is 1. The van der Waals surface area contributed by atoms with E-state index in [0.29, 0.717) is 38.4 Å². The van der Waals surface area contributed by atoms with E-state index < -0.39 is 0 Å². The second-order valence-corrected chi connectivity index (χ2v) is 10.6. The standard InChI is InChI=1S/C24H29ClN6O2S/c1-16(2)15-30-23(33)22-19(9-14-34-22)31-20(26-27-24(30)31)7-8-21(32)29-12-10-28(11-13-29)18-5-3-17(25)4-6-18/h3-6,9,14,16,24,27H,7-8,10-13,15H2,1-2H3. The predicted molar refractivity (Wildman–Crippen MR) is 137 cm³/mol. The minimum atomic E-state index is -0.329. The number of hydrogen-bond donors (Lipinski definition) is 1. The highest BCUT2D eigenvalue weighted by Crippen LogP contribution is 2.37. The van der Waals surface area contributed by atoms with Crippen LogP contribution < -0.4 is 15.2 Å². The molecule has 0 aliphatic carbocycles. The minimum Gasteiger partial charge on any atom is -0.368 e. The molecule has 0 saturated carbocycles. The van der Waals surface area contributed by atoms with Crippen molar-refractivity contribution in [2.24, 2.45) is 11.0 Å². The number of nitrogens with one attached hydrogen (secondary N) is 1. The molecule has 0 bridgehead atoms. The molecule has 1 fully saturated rings. The van der Waals surface area contributed by atoms with E-state index in [9.17, 15) is 9.59 Å². The number of carbonyl (C=O) groups is 2. The lowest BCUT2D eigenvalue weighted by Gasteiger charge is -2.40. The summed E-state index contributed by atoms with van der Waals surface area (Å²) in [5.74, 6) is 1.32. The average Bonchev–Trinajstić information content (AvgIpc) is 3.48. The van der Waals surface area contributed by atoms with Crippen molar-refractivity contribution in [2.75, 3.05) is 42.5 Å². The Labute approximate surface area is 208 Å². The molecule has 8 nitrogen and oxygen atoms in total. The lowest BCUT2D eigenvalue weighted by molar-refractivity contribution is -0.131. The van der Waals surface area contributed by atoms with E-state index in [1.807, 2.05) is 45.5 Å². The zero-order chi connectivity index (χ0) is 23.8. The number of carbonyl (C=O) groups excluding carboxylic acids is 2. The second kappa shape index (κ2) is 9.46. The number of anilines is 2. The number of amides is 2. The fourth-order valence-electron chi connectivity index (χ4n) is 4.75. The van der Waals surface area contributed by atoms with Crippen molar-refractivity contribution in [3.05, 3.63) is 45.6 Å². The highest BCUT2D eigenvalue weighted by Gasteiger charge is 2.43. The van der Waals surface area contributed by atoms with Crippen LogP contribution in [0.5, 0.6) is 0 Å². The molecule has 1 aromatic heterocycles. The average molecular weight is 501 g/mol. The van der Waals surface area contributed by atoms with Gasteiger partial charge in [0.2, 0.25) is 12.2 Å². The van der Waals surface area contributed by atoms with Gasteiger partial charge in [0.05, 0.1) is 5.69 Å². The number of hydrogen-bond acceptors (Lipinski definition) is 7. The van der Waals surface area contributed by atoms with Gasteiger partial charge in [-0.05, 0) is 41.6 Å². The maximum absolute atomic E-state index is 13.0. The fraction of sp³-hybridized carbons (Fsp3) is 0.458. The summed E-state index contributed by atoms with van der Waals surface area (Å²) in [6.07, 6.45) is 0.589. The van der Waals surface area contributed by atoms with Gasteiger partial charge in [0.1, 0.15) is 10.7 Å². The van der Waals surface area contributed by atoms with E-state index in [-0.39, 0.29) is 18.1 Å². The molecule has 180 valence electrons. The van der Waals surface area contributed by atoms with E-state index in [0.717, 1.165) is 40.2 Å². The smallest absolute Gasteiger partial charge is 0.269 e. The predicted octanol–water partition coefficient (Wildman–Crippen LogP) is 3.65. The topological polar surface area (TPSA) is 71.5 Å². The largest absolute Gasteiger partial charge is 0.368 e. The number of hydrazone groups is 1. The van der Waals surface area contributed by atoms with Gasteiger partial charge in [-0.3, -0.25) is 24.8 Å². The number of piperazine rings is 1. The van der Waals surface area contributed by atoms with Crippen molar-refractivity contribution in [3.63, 3.8) is 0 Å². The molecule has 1 unspecified atom stereocenters. The van der Waals surface area contributed by atoms with Crippen LogP contribution in [0.25, 0.3) is 0 Å². The summed E-state index contributed by atoms with van der Waals surface area (Å²) in [7, 11) is 0. The zero-order valence-electron chi connectivity index (χ0n) is 19.4. The lowest BCUT2D eigenvalue weighted by atomic mass is 10.1. The third-order valence-electron chi connectivity index (χ3n) is 6.43. The summed E-state index contributed by atoms with van der Waals surface area (Å²) < 4.78 is 0. The molecule has 3 aliphatic rings. The van der Waals surface area contributed by atoms with E-state index in [4.69, 9.17) is 11.6 Å². The van der Waals surface area contributed by atoms with E-state index >= 15 is 0 Å². The third kappa shape index (κ3) is 4.34. The SMILES string of the molecule is CC(C)CN1C(=O)c2sccc2N2C(CCC(=O)N3CCN(c4ccc(Cl)cc4)CC3)=NNC12. The summed E-state index contributed by atoms with van der Waals surface area (Å²) in [5.41, 5.74) is 5.15. The highest BCUT2D eigenvalue weighted by atomic mass is 35.5. The van der Waals surface area contributed by atoms with Crippen LogP contribution in [0.4, 0.5) is 11.4 Å². The van der Waals surface area contributed by atoms with E-state index in [1.54, 1.807) is 0 Å². The van der Waals surface area contributed by atoms with Crippen LogP contribution in [0.1, 0.15) is 36.4 Å². The van der Waals surface area contributed by atoms with Crippen molar-refractivity contribution in [1.29, 1.82) is 0 Å². The van der Waals surface area contributed by atoms with Gasteiger partial charge in [-0.25, -0.2) is 0 Å². The summed E-state index contributed by atoms with van der Waals surface area (Å²) in [6, 6.07) is 9.80. The Morgan fingerprint density at radius 2 is 1.91 bits per heavy atom. The molecule has 1 N–H and O–H groups in total. The van der Waals surface area contributed by atoms with Gasteiger partial charge in [-0.15, -0.1) is 11.3 Å². The van der Waals surface area contributed by atoms with Crippen LogP contribution in [0.3, 0.4) is 0 Å². The first-order chi connectivity index (χ1) is 16.4. The molecule has 1 atom stereocenters. The first-order valence-corrected chi connectivity index (χ1v) is 13.0. The molecular weight excluding hydrogens is 472 g/mol. The van der Waals surface area contributed by atoms with Crippen molar-refractivity contribution >= 4 is 52.0 Å². The van der Waals surface area contributed by atoms with E-state index in [1.165, 1.54) is 11.3 Å². The molecule has 2 amide bonds. The molecule has 34 heavy (non-hydrogen) atoms. The molecule has 2 aromatic rings. The van der Waals surface area contributed by atoms with E-state index in [2.05, 4.69) is 34.2 Å². The Balaban J connectivity index is 1.20. The fourth-order valence-corrected chi connectivity index (χ4v) is 5.72. The molecular formula is C24H29ClN6O2S. The second-order valence-electron chi connectivity index (χ2n) is 9.23. The summed E-state index contributed by atoms with van der Waals surface area (Å²) >= 11 is 7.46. The summed E-state index contributed by atoms with van der Waals surface area (Å²) in [5, 5.41) is 7.21. The number of rotatable bonds is 6. The van der Waals surface area contributed by atoms with Gasteiger partial charge in [-0.1, -0.05) is 25.4 Å². The van der Waals surface area contributed by atoms with Crippen LogP contribution >= 0.6 is 22.9 Å². The van der Waals surface area contributed by atoms with Gasteiger partial charge in [0, 0.05) is 56.3 Å². The number of nitrogens with zero attached hydrogens (tertiary/aromatic N) is 5. The number of benzene rings is 1. The normalized spacial score (nSPS) is 19.8. The lowest BCUT2D eigenvalue weighted by Crippen LogP contribution is -2.59. The van der Waals surface area contributed by atoms with Gasteiger partial charge in [-0.2, -0.15) is 5.10 Å². The van der Waals surface area contributed by atoms with Crippen LogP contribution in [-0.4, -0.2) is 66.5 Å². The first kappa shape index (κ1) is 23.0. The molecule has 3 aliphatic heterocycles. The van der Waals surface area contributed by atoms with Crippen molar-refractivity contribution in [2.45, 2.75) is 33.0 Å².